The molecule has 0 spiro atoms. The molecule has 0 radical (unpaired) electrons. The Morgan fingerprint density at radius 1 is 1.33 bits per heavy atom. The number of ether oxygens (including phenoxy) is 1. The fourth-order valence-electron chi connectivity index (χ4n) is 1.90. The molecule has 2 N–H and O–H groups in total. The van der Waals surface area contributed by atoms with E-state index in [0.29, 0.717) is 18.2 Å². The van der Waals surface area contributed by atoms with Crippen LogP contribution in [0, 0.1) is 0 Å². The van der Waals surface area contributed by atoms with Gasteiger partial charge in [-0.15, -0.1) is 0 Å². The third-order valence-electron chi connectivity index (χ3n) is 2.93. The van der Waals surface area contributed by atoms with Crippen LogP contribution in [0.3, 0.4) is 0 Å². The van der Waals surface area contributed by atoms with Gasteiger partial charge in [0.2, 0.25) is 0 Å². The van der Waals surface area contributed by atoms with Crippen LogP contribution in [-0.4, -0.2) is 31.4 Å². The largest absolute Gasteiger partial charge is 0.387 e. The Labute approximate surface area is 112 Å². The minimum absolute atomic E-state index is 0.507. The second-order valence-electron chi connectivity index (χ2n) is 4.40. The SMILES string of the molecule is OC(CNCC1=CCCOC1)c1ccc(Cl)cc1. The van der Waals surface area contributed by atoms with Crippen molar-refractivity contribution in [3.63, 3.8) is 0 Å². The van der Waals surface area contributed by atoms with Gasteiger partial charge in [0.1, 0.15) is 0 Å². The summed E-state index contributed by atoms with van der Waals surface area (Å²) in [6.45, 7) is 2.81. The highest BCUT2D eigenvalue weighted by molar-refractivity contribution is 6.30. The molecule has 1 aromatic carbocycles. The third-order valence-corrected chi connectivity index (χ3v) is 3.18. The first-order chi connectivity index (χ1) is 8.75. The monoisotopic (exact) mass is 267 g/mol. The van der Waals surface area contributed by atoms with Crippen LogP contribution in [0.15, 0.2) is 35.9 Å². The highest BCUT2D eigenvalue weighted by Gasteiger charge is 2.08. The molecule has 0 bridgehead atoms. The average molecular weight is 268 g/mol. The van der Waals surface area contributed by atoms with Crippen molar-refractivity contribution in [1.82, 2.24) is 5.32 Å². The van der Waals surface area contributed by atoms with E-state index in [1.54, 1.807) is 12.1 Å². The first-order valence-electron chi connectivity index (χ1n) is 6.15. The number of nitrogens with one attached hydrogen (secondary N) is 1. The number of aliphatic hydroxyl groups excluding tert-OH is 1. The topological polar surface area (TPSA) is 41.5 Å². The Bertz CT molecular complexity index is 403. The molecule has 2 rings (SSSR count). The molecule has 18 heavy (non-hydrogen) atoms. The highest BCUT2D eigenvalue weighted by atomic mass is 35.5. The third kappa shape index (κ3) is 4.10. The van der Waals surface area contributed by atoms with E-state index < -0.39 is 6.10 Å². The molecule has 0 saturated carbocycles. The van der Waals surface area contributed by atoms with E-state index in [1.807, 2.05) is 12.1 Å². The van der Waals surface area contributed by atoms with Crippen molar-refractivity contribution < 1.29 is 9.84 Å². The summed E-state index contributed by atoms with van der Waals surface area (Å²) in [5.74, 6) is 0. The van der Waals surface area contributed by atoms with E-state index in [2.05, 4.69) is 11.4 Å². The highest BCUT2D eigenvalue weighted by Crippen LogP contribution is 2.15. The Kier molecular flexibility index (Phi) is 5.20. The van der Waals surface area contributed by atoms with Crippen molar-refractivity contribution in [2.75, 3.05) is 26.3 Å². The van der Waals surface area contributed by atoms with Crippen LogP contribution in [-0.2, 0) is 4.74 Å². The Balaban J connectivity index is 1.76. The van der Waals surface area contributed by atoms with Crippen molar-refractivity contribution in [3.05, 3.63) is 46.5 Å². The second kappa shape index (κ2) is 6.90. The number of hydrogen-bond donors (Lipinski definition) is 2. The molecule has 1 heterocycles. The van der Waals surface area contributed by atoms with Crippen molar-refractivity contribution in [2.24, 2.45) is 0 Å². The lowest BCUT2D eigenvalue weighted by Gasteiger charge is -2.16. The number of hydrogen-bond acceptors (Lipinski definition) is 3. The molecular formula is C14H18ClNO2. The average Bonchev–Trinajstić information content (AvgIpc) is 2.40. The second-order valence-corrected chi connectivity index (χ2v) is 4.84. The summed E-state index contributed by atoms with van der Waals surface area (Å²) < 4.78 is 5.35. The van der Waals surface area contributed by atoms with E-state index in [0.717, 1.165) is 25.1 Å². The van der Waals surface area contributed by atoms with Crippen molar-refractivity contribution in [3.8, 4) is 0 Å². The lowest BCUT2D eigenvalue weighted by molar-refractivity contribution is 0.146. The maximum Gasteiger partial charge on any atom is 0.0914 e. The Hall–Kier alpha value is -0.870. The summed E-state index contributed by atoms with van der Waals surface area (Å²) in [5.41, 5.74) is 2.13. The van der Waals surface area contributed by atoms with Gasteiger partial charge in [0.15, 0.2) is 0 Å². The van der Waals surface area contributed by atoms with Crippen LogP contribution in [0.1, 0.15) is 18.1 Å². The molecule has 1 unspecified atom stereocenters. The van der Waals surface area contributed by atoms with Gasteiger partial charge in [-0.1, -0.05) is 29.8 Å². The van der Waals surface area contributed by atoms with Gasteiger partial charge in [-0.3, -0.25) is 0 Å². The van der Waals surface area contributed by atoms with Crippen LogP contribution in [0.25, 0.3) is 0 Å². The lowest BCUT2D eigenvalue weighted by Crippen LogP contribution is -2.26. The summed E-state index contributed by atoms with van der Waals surface area (Å²) >= 11 is 5.80. The molecule has 1 aliphatic heterocycles. The zero-order valence-corrected chi connectivity index (χ0v) is 11.0. The minimum Gasteiger partial charge on any atom is -0.387 e. The van der Waals surface area contributed by atoms with Crippen LogP contribution in [0.4, 0.5) is 0 Å². The Morgan fingerprint density at radius 3 is 2.78 bits per heavy atom. The van der Waals surface area contributed by atoms with Gasteiger partial charge in [-0.05, 0) is 29.7 Å². The van der Waals surface area contributed by atoms with E-state index in [4.69, 9.17) is 16.3 Å². The number of halogens is 1. The quantitative estimate of drug-likeness (QED) is 0.805. The van der Waals surface area contributed by atoms with E-state index in [9.17, 15) is 5.11 Å². The smallest absolute Gasteiger partial charge is 0.0914 e. The van der Waals surface area contributed by atoms with Gasteiger partial charge >= 0.3 is 0 Å². The molecule has 4 heteroatoms. The van der Waals surface area contributed by atoms with E-state index in [-0.39, 0.29) is 0 Å². The summed E-state index contributed by atoms with van der Waals surface area (Å²) in [6, 6.07) is 7.27. The van der Waals surface area contributed by atoms with Crippen molar-refractivity contribution in [2.45, 2.75) is 12.5 Å². The first-order valence-corrected chi connectivity index (χ1v) is 6.53. The summed E-state index contributed by atoms with van der Waals surface area (Å²) in [6.07, 6.45) is 2.68. The first kappa shape index (κ1) is 13.6. The fraction of sp³-hybridized carbons (Fsp3) is 0.429. The zero-order valence-electron chi connectivity index (χ0n) is 10.2. The van der Waals surface area contributed by atoms with Gasteiger partial charge in [-0.2, -0.15) is 0 Å². The molecule has 98 valence electrons. The van der Waals surface area contributed by atoms with E-state index in [1.165, 1.54) is 5.57 Å². The van der Waals surface area contributed by atoms with Crippen LogP contribution < -0.4 is 5.32 Å². The minimum atomic E-state index is -0.507. The maximum atomic E-state index is 9.98. The molecule has 0 aromatic heterocycles. The number of benzene rings is 1. The summed E-state index contributed by atoms with van der Waals surface area (Å²) in [4.78, 5) is 0. The molecule has 3 nitrogen and oxygen atoms in total. The predicted octanol–water partition coefficient (Wildman–Crippen LogP) is 2.31. The van der Waals surface area contributed by atoms with Gasteiger partial charge in [-0.25, -0.2) is 0 Å². The molecule has 0 saturated heterocycles. The van der Waals surface area contributed by atoms with Gasteiger partial charge in [0, 0.05) is 18.1 Å². The summed E-state index contributed by atoms with van der Waals surface area (Å²) in [7, 11) is 0. The predicted molar refractivity (Wildman–Crippen MR) is 72.8 cm³/mol. The molecule has 0 aliphatic carbocycles. The van der Waals surface area contributed by atoms with Crippen molar-refractivity contribution >= 4 is 11.6 Å². The Morgan fingerprint density at radius 2 is 2.11 bits per heavy atom. The van der Waals surface area contributed by atoms with Gasteiger partial charge in [0.25, 0.3) is 0 Å². The van der Waals surface area contributed by atoms with Crippen LogP contribution in [0.5, 0.6) is 0 Å². The number of aliphatic hydroxyl groups is 1. The van der Waals surface area contributed by atoms with Gasteiger partial charge in [0.05, 0.1) is 19.3 Å². The standard InChI is InChI=1S/C14H18ClNO2/c15-13-5-3-12(4-6-13)14(17)9-16-8-11-2-1-7-18-10-11/h2-6,14,16-17H,1,7-10H2. The summed E-state index contributed by atoms with van der Waals surface area (Å²) in [5, 5.41) is 13.9. The molecule has 1 atom stereocenters. The fourth-order valence-corrected chi connectivity index (χ4v) is 2.03. The lowest BCUT2D eigenvalue weighted by atomic mass is 10.1. The van der Waals surface area contributed by atoms with Crippen molar-refractivity contribution in [1.29, 1.82) is 0 Å². The molecule has 1 aromatic rings. The normalized spacial score (nSPS) is 17.3. The van der Waals surface area contributed by atoms with Gasteiger partial charge < -0.3 is 15.2 Å². The van der Waals surface area contributed by atoms with Crippen LogP contribution in [0.2, 0.25) is 5.02 Å². The maximum absolute atomic E-state index is 9.98. The number of rotatable bonds is 5. The molecular weight excluding hydrogens is 250 g/mol. The zero-order chi connectivity index (χ0) is 12.8. The van der Waals surface area contributed by atoms with Crippen LogP contribution >= 0.6 is 11.6 Å². The molecule has 0 amide bonds. The molecule has 0 fully saturated rings. The van der Waals surface area contributed by atoms with E-state index >= 15 is 0 Å². The molecule has 1 aliphatic rings.